The zero-order chi connectivity index (χ0) is 18.8. The van der Waals surface area contributed by atoms with Crippen molar-refractivity contribution in [2.24, 2.45) is 0 Å². The first-order chi connectivity index (χ1) is 13.1. The molecule has 0 bridgehead atoms. The summed E-state index contributed by atoms with van der Waals surface area (Å²) < 4.78 is 7.57. The SMILES string of the molecule is Cc1ccc(C)c(Cn2c(C(=O)NCc3ccccc3)cc3occc32)c1. The molecule has 0 aliphatic heterocycles. The highest BCUT2D eigenvalue weighted by Gasteiger charge is 2.18. The molecule has 0 atom stereocenters. The number of aryl methyl sites for hydroxylation is 2. The number of hydrogen-bond acceptors (Lipinski definition) is 2. The number of carbonyl (C=O) groups excluding carboxylic acids is 1. The van der Waals surface area contributed by atoms with E-state index in [1.807, 2.05) is 47.0 Å². The Balaban J connectivity index is 1.64. The molecule has 4 nitrogen and oxygen atoms in total. The molecule has 1 amide bonds. The van der Waals surface area contributed by atoms with Crippen LogP contribution >= 0.6 is 0 Å². The maximum Gasteiger partial charge on any atom is 0.268 e. The van der Waals surface area contributed by atoms with E-state index in [0.29, 0.717) is 18.8 Å². The van der Waals surface area contributed by atoms with Gasteiger partial charge in [0, 0.05) is 25.2 Å². The summed E-state index contributed by atoms with van der Waals surface area (Å²) in [4.78, 5) is 12.9. The second-order valence-electron chi connectivity index (χ2n) is 6.88. The zero-order valence-corrected chi connectivity index (χ0v) is 15.5. The molecule has 0 spiro atoms. The third-order valence-electron chi connectivity index (χ3n) is 4.88. The third-order valence-corrected chi connectivity index (χ3v) is 4.88. The highest BCUT2D eigenvalue weighted by Crippen LogP contribution is 2.24. The van der Waals surface area contributed by atoms with Crippen molar-refractivity contribution >= 4 is 17.0 Å². The molecule has 0 aliphatic rings. The topological polar surface area (TPSA) is 47.2 Å². The summed E-state index contributed by atoms with van der Waals surface area (Å²) in [6, 6.07) is 20.0. The number of nitrogens with one attached hydrogen (secondary N) is 1. The number of aromatic nitrogens is 1. The Labute approximate surface area is 158 Å². The number of benzene rings is 2. The predicted molar refractivity (Wildman–Crippen MR) is 107 cm³/mol. The van der Waals surface area contributed by atoms with Gasteiger partial charge in [-0.1, -0.05) is 54.1 Å². The molecule has 2 aromatic heterocycles. The van der Waals surface area contributed by atoms with E-state index in [1.54, 1.807) is 6.26 Å². The highest BCUT2D eigenvalue weighted by atomic mass is 16.3. The largest absolute Gasteiger partial charge is 0.463 e. The minimum absolute atomic E-state index is 0.101. The van der Waals surface area contributed by atoms with Gasteiger partial charge in [0.2, 0.25) is 0 Å². The highest BCUT2D eigenvalue weighted by molar-refractivity contribution is 5.97. The normalized spacial score (nSPS) is 11.0. The quantitative estimate of drug-likeness (QED) is 0.555. The molecule has 2 aromatic carbocycles. The number of nitrogens with zero attached hydrogens (tertiary/aromatic N) is 1. The number of furan rings is 1. The van der Waals surface area contributed by atoms with Gasteiger partial charge in [0.05, 0.1) is 11.8 Å². The van der Waals surface area contributed by atoms with E-state index in [9.17, 15) is 4.79 Å². The lowest BCUT2D eigenvalue weighted by atomic mass is 10.1. The van der Waals surface area contributed by atoms with Crippen LogP contribution in [0.1, 0.15) is 32.7 Å². The molecule has 0 aliphatic carbocycles. The van der Waals surface area contributed by atoms with Crippen LogP contribution in [0.15, 0.2) is 71.3 Å². The van der Waals surface area contributed by atoms with Crippen LogP contribution in [-0.2, 0) is 13.1 Å². The smallest absolute Gasteiger partial charge is 0.268 e. The summed E-state index contributed by atoms with van der Waals surface area (Å²) >= 11 is 0. The van der Waals surface area contributed by atoms with Gasteiger partial charge in [-0.2, -0.15) is 0 Å². The average Bonchev–Trinajstić information content (AvgIpc) is 3.26. The minimum atomic E-state index is -0.101. The standard InChI is InChI=1S/C23H22N2O2/c1-16-8-9-17(2)19(12-16)15-25-20-10-11-27-22(20)13-21(25)23(26)24-14-18-6-4-3-5-7-18/h3-13H,14-15H2,1-2H3,(H,24,26). The van der Waals surface area contributed by atoms with Crippen molar-refractivity contribution in [1.29, 1.82) is 0 Å². The van der Waals surface area contributed by atoms with Crippen LogP contribution < -0.4 is 5.32 Å². The Bertz CT molecular complexity index is 1090. The molecule has 4 rings (SSSR count). The predicted octanol–water partition coefficient (Wildman–Crippen LogP) is 4.83. The van der Waals surface area contributed by atoms with Gasteiger partial charge < -0.3 is 14.3 Å². The first kappa shape index (κ1) is 17.2. The summed E-state index contributed by atoms with van der Waals surface area (Å²) in [7, 11) is 0. The maximum atomic E-state index is 12.9. The fourth-order valence-corrected chi connectivity index (χ4v) is 3.35. The van der Waals surface area contributed by atoms with E-state index in [1.165, 1.54) is 16.7 Å². The Morgan fingerprint density at radius 1 is 1.04 bits per heavy atom. The van der Waals surface area contributed by atoms with Crippen molar-refractivity contribution in [3.05, 3.63) is 94.9 Å². The van der Waals surface area contributed by atoms with Gasteiger partial charge >= 0.3 is 0 Å². The molecule has 27 heavy (non-hydrogen) atoms. The van der Waals surface area contributed by atoms with Crippen molar-refractivity contribution in [1.82, 2.24) is 9.88 Å². The number of amides is 1. The molecule has 4 heteroatoms. The number of hydrogen-bond donors (Lipinski definition) is 1. The summed E-state index contributed by atoms with van der Waals surface area (Å²) in [5.41, 5.74) is 6.96. The van der Waals surface area contributed by atoms with Crippen molar-refractivity contribution in [3.63, 3.8) is 0 Å². The summed E-state index contributed by atoms with van der Waals surface area (Å²) in [6.45, 7) is 5.31. The van der Waals surface area contributed by atoms with E-state index in [4.69, 9.17) is 4.42 Å². The van der Waals surface area contributed by atoms with E-state index >= 15 is 0 Å². The third kappa shape index (κ3) is 3.51. The van der Waals surface area contributed by atoms with Crippen molar-refractivity contribution in [3.8, 4) is 0 Å². The van der Waals surface area contributed by atoms with Crippen LogP contribution in [0.2, 0.25) is 0 Å². The molecule has 2 heterocycles. The molecule has 0 fully saturated rings. The first-order valence-electron chi connectivity index (χ1n) is 9.07. The number of fused-ring (bicyclic) bond motifs is 1. The van der Waals surface area contributed by atoms with Crippen LogP contribution in [-0.4, -0.2) is 10.5 Å². The van der Waals surface area contributed by atoms with Crippen molar-refractivity contribution in [2.75, 3.05) is 0 Å². The Morgan fingerprint density at radius 3 is 2.67 bits per heavy atom. The van der Waals surface area contributed by atoms with Crippen LogP contribution in [0.5, 0.6) is 0 Å². The lowest BCUT2D eigenvalue weighted by Gasteiger charge is -2.13. The molecule has 0 saturated carbocycles. The van der Waals surface area contributed by atoms with E-state index < -0.39 is 0 Å². The lowest BCUT2D eigenvalue weighted by Crippen LogP contribution is -2.25. The molecule has 1 N–H and O–H groups in total. The molecule has 136 valence electrons. The number of carbonyl (C=O) groups is 1. The van der Waals surface area contributed by atoms with Crippen molar-refractivity contribution in [2.45, 2.75) is 26.9 Å². The van der Waals surface area contributed by atoms with Crippen LogP contribution in [0.3, 0.4) is 0 Å². The van der Waals surface area contributed by atoms with Crippen LogP contribution in [0.4, 0.5) is 0 Å². The fraction of sp³-hybridized carbons (Fsp3) is 0.174. The molecule has 0 radical (unpaired) electrons. The Hall–Kier alpha value is -3.27. The van der Waals surface area contributed by atoms with E-state index in [0.717, 1.165) is 16.7 Å². The monoisotopic (exact) mass is 358 g/mol. The molecular weight excluding hydrogens is 336 g/mol. The fourth-order valence-electron chi connectivity index (χ4n) is 3.35. The Kier molecular flexibility index (Phi) is 4.55. The van der Waals surface area contributed by atoms with Gasteiger partial charge in [0.1, 0.15) is 5.69 Å². The van der Waals surface area contributed by atoms with Gasteiger partial charge in [-0.25, -0.2) is 0 Å². The zero-order valence-electron chi connectivity index (χ0n) is 15.5. The molecular formula is C23H22N2O2. The van der Waals surface area contributed by atoms with Gasteiger partial charge in [-0.3, -0.25) is 4.79 Å². The Morgan fingerprint density at radius 2 is 1.85 bits per heavy atom. The molecule has 0 unspecified atom stereocenters. The van der Waals surface area contributed by atoms with Gasteiger partial charge in [0.25, 0.3) is 5.91 Å². The lowest BCUT2D eigenvalue weighted by molar-refractivity contribution is 0.0942. The average molecular weight is 358 g/mol. The molecule has 4 aromatic rings. The molecule has 0 saturated heterocycles. The van der Waals surface area contributed by atoms with Gasteiger partial charge in [0.15, 0.2) is 5.58 Å². The summed E-state index contributed by atoms with van der Waals surface area (Å²) in [5, 5.41) is 3.02. The summed E-state index contributed by atoms with van der Waals surface area (Å²) in [6.07, 6.45) is 1.66. The van der Waals surface area contributed by atoms with Crippen LogP contribution in [0, 0.1) is 13.8 Å². The first-order valence-corrected chi connectivity index (χ1v) is 9.07. The van der Waals surface area contributed by atoms with Crippen LogP contribution in [0.25, 0.3) is 11.1 Å². The second kappa shape index (κ2) is 7.16. The second-order valence-corrected chi connectivity index (χ2v) is 6.88. The van der Waals surface area contributed by atoms with E-state index in [-0.39, 0.29) is 5.91 Å². The van der Waals surface area contributed by atoms with Gasteiger partial charge in [-0.05, 0) is 30.5 Å². The summed E-state index contributed by atoms with van der Waals surface area (Å²) in [5.74, 6) is -0.101. The van der Waals surface area contributed by atoms with E-state index in [2.05, 4.69) is 37.4 Å². The maximum absolute atomic E-state index is 12.9. The van der Waals surface area contributed by atoms with Crippen molar-refractivity contribution < 1.29 is 9.21 Å². The minimum Gasteiger partial charge on any atom is -0.463 e. The van der Waals surface area contributed by atoms with Gasteiger partial charge in [-0.15, -0.1) is 0 Å². The number of rotatable bonds is 5.